The highest BCUT2D eigenvalue weighted by Crippen LogP contribution is 2.11. The Bertz CT molecular complexity index is 545. The maximum Gasteiger partial charge on any atom is 0.0280 e. The third-order valence-corrected chi connectivity index (χ3v) is 2.72. The molecule has 2 aromatic carbocycles. The first kappa shape index (κ1) is 13.3. The molecule has 0 nitrogen and oxygen atoms in total. The van der Waals surface area contributed by atoms with E-state index in [9.17, 15) is 0 Å². The second-order valence-electron chi connectivity index (χ2n) is 3.86. The van der Waals surface area contributed by atoms with Crippen molar-refractivity contribution in [3.63, 3.8) is 0 Å². The molecule has 0 heterocycles. The van der Waals surface area contributed by atoms with Crippen molar-refractivity contribution in [2.75, 3.05) is 0 Å². The van der Waals surface area contributed by atoms with Crippen LogP contribution in [0.25, 0.3) is 0 Å². The molecule has 0 bridgehead atoms. The summed E-state index contributed by atoms with van der Waals surface area (Å²) < 4.78 is 0. The van der Waals surface area contributed by atoms with Crippen LogP contribution in [0.3, 0.4) is 0 Å². The van der Waals surface area contributed by atoms with E-state index < -0.39 is 0 Å². The summed E-state index contributed by atoms with van der Waals surface area (Å²) in [6, 6.07) is 16.3. The van der Waals surface area contributed by atoms with Crippen LogP contribution in [-0.4, -0.2) is 11.0 Å². The van der Waals surface area contributed by atoms with Gasteiger partial charge in [-0.15, -0.1) is 0 Å². The fraction of sp³-hybridized carbons (Fsp3) is 0.125. The highest BCUT2D eigenvalue weighted by Gasteiger charge is 1.96. The lowest BCUT2D eigenvalue weighted by Gasteiger charge is -2.01. The van der Waals surface area contributed by atoms with Crippen molar-refractivity contribution in [1.82, 2.24) is 0 Å². The summed E-state index contributed by atoms with van der Waals surface area (Å²) >= 11 is 0. The van der Waals surface area contributed by atoms with Crippen LogP contribution in [0.4, 0.5) is 0 Å². The summed E-state index contributed by atoms with van der Waals surface area (Å²) in [5.41, 5.74) is 4.73. The first-order chi connectivity index (χ1) is 7.77. The van der Waals surface area contributed by atoms with E-state index in [-0.39, 0.29) is 11.0 Å². The molecular weight excluding hydrogens is 220 g/mol. The molecule has 0 fully saturated rings. The molecule has 17 heavy (non-hydrogen) atoms. The fourth-order valence-electron chi connectivity index (χ4n) is 1.55. The molecule has 0 spiro atoms. The molecule has 0 aromatic heterocycles. The fourth-order valence-corrected chi connectivity index (χ4v) is 1.55. The van der Waals surface area contributed by atoms with Crippen LogP contribution < -0.4 is 0 Å². The number of hydrogen-bond acceptors (Lipinski definition) is 0. The Balaban J connectivity index is 0.00000144. The van der Waals surface area contributed by atoms with Crippen molar-refractivity contribution in [3.05, 3.63) is 70.8 Å². The zero-order valence-electron chi connectivity index (χ0n) is 9.62. The molecule has 0 unspecified atom stereocenters. The maximum atomic E-state index is 3.22. The maximum absolute atomic E-state index is 3.22. The molecule has 0 aliphatic heterocycles. The van der Waals surface area contributed by atoms with Crippen molar-refractivity contribution in [3.8, 4) is 11.8 Å². The first-order valence-electron chi connectivity index (χ1n) is 5.40. The minimum atomic E-state index is 0. The van der Waals surface area contributed by atoms with Gasteiger partial charge < -0.3 is 0 Å². The molecule has 0 atom stereocenters. The molecule has 0 radical (unpaired) electrons. The number of benzene rings is 2. The van der Waals surface area contributed by atoms with Crippen LogP contribution in [0.1, 0.15) is 22.3 Å². The second kappa shape index (κ2) is 6.08. The van der Waals surface area contributed by atoms with Gasteiger partial charge in [0.2, 0.25) is 0 Å². The predicted octanol–water partition coefficient (Wildman–Crippen LogP) is 2.25. The van der Waals surface area contributed by atoms with Crippen molar-refractivity contribution in [2.24, 2.45) is 0 Å². The smallest absolute Gasteiger partial charge is 0.0280 e. The summed E-state index contributed by atoms with van der Waals surface area (Å²) in [6.45, 7) is 4.23. The van der Waals surface area contributed by atoms with Gasteiger partial charge in [0.15, 0.2) is 0 Å². The summed E-state index contributed by atoms with van der Waals surface area (Å²) in [7, 11) is 0. The number of hydrogen-bond donors (Lipinski definition) is 0. The third-order valence-electron chi connectivity index (χ3n) is 2.72. The predicted molar refractivity (Wildman–Crippen MR) is 79.7 cm³/mol. The van der Waals surface area contributed by atoms with Gasteiger partial charge >= 0.3 is 0 Å². The number of rotatable bonds is 0. The Labute approximate surface area is 108 Å². The van der Waals surface area contributed by atoms with Gasteiger partial charge in [0.25, 0.3) is 0 Å². The second-order valence-corrected chi connectivity index (χ2v) is 3.86. The SMILES string of the molecule is Cc1cccc(C#Cc2ccccc2)c1C.[SiH4]. The minimum absolute atomic E-state index is 0. The van der Waals surface area contributed by atoms with Crippen molar-refractivity contribution >= 4 is 11.0 Å². The Morgan fingerprint density at radius 2 is 1.47 bits per heavy atom. The van der Waals surface area contributed by atoms with Gasteiger partial charge in [0.1, 0.15) is 0 Å². The average Bonchev–Trinajstić information content (AvgIpc) is 2.32. The van der Waals surface area contributed by atoms with Crippen LogP contribution in [0, 0.1) is 25.7 Å². The minimum Gasteiger partial charge on any atom is -0.0622 e. The lowest BCUT2D eigenvalue weighted by atomic mass is 10.0. The Morgan fingerprint density at radius 1 is 0.765 bits per heavy atom. The van der Waals surface area contributed by atoms with Crippen molar-refractivity contribution in [1.29, 1.82) is 0 Å². The third kappa shape index (κ3) is 3.34. The van der Waals surface area contributed by atoms with Crippen LogP contribution in [0.2, 0.25) is 0 Å². The lowest BCUT2D eigenvalue weighted by molar-refractivity contribution is 1.32. The highest BCUT2D eigenvalue weighted by molar-refractivity contribution is 5.75. The van der Waals surface area contributed by atoms with E-state index in [1.165, 1.54) is 11.1 Å². The van der Waals surface area contributed by atoms with Crippen LogP contribution in [0.15, 0.2) is 48.5 Å². The van der Waals surface area contributed by atoms with Crippen molar-refractivity contribution in [2.45, 2.75) is 13.8 Å². The average molecular weight is 238 g/mol. The summed E-state index contributed by atoms with van der Waals surface area (Å²) in [5, 5.41) is 0. The van der Waals surface area contributed by atoms with Gasteiger partial charge in [-0.05, 0) is 54.1 Å². The van der Waals surface area contributed by atoms with E-state index in [2.05, 4.69) is 43.9 Å². The summed E-state index contributed by atoms with van der Waals surface area (Å²) in [4.78, 5) is 0. The van der Waals surface area contributed by atoms with Gasteiger partial charge in [-0.25, -0.2) is 0 Å². The van der Waals surface area contributed by atoms with E-state index in [4.69, 9.17) is 0 Å². The molecule has 0 amide bonds. The van der Waals surface area contributed by atoms with E-state index in [1.807, 2.05) is 30.3 Å². The Morgan fingerprint density at radius 3 is 2.18 bits per heavy atom. The van der Waals surface area contributed by atoms with Gasteiger partial charge in [0, 0.05) is 11.1 Å². The van der Waals surface area contributed by atoms with Gasteiger partial charge in [-0.1, -0.05) is 42.2 Å². The molecule has 0 N–H and O–H groups in total. The standard InChI is InChI=1S/C16H14.H4Si/c1-13-7-6-10-16(14(13)2)12-11-15-8-4-3-5-9-15;/h3-10H,1-2H3;1H4. The highest BCUT2D eigenvalue weighted by atomic mass is 28.1. The van der Waals surface area contributed by atoms with Crippen LogP contribution >= 0.6 is 0 Å². The molecule has 0 saturated carbocycles. The van der Waals surface area contributed by atoms with Gasteiger partial charge in [0.05, 0.1) is 0 Å². The lowest BCUT2D eigenvalue weighted by Crippen LogP contribution is -1.85. The van der Waals surface area contributed by atoms with E-state index >= 15 is 0 Å². The molecular formula is C16H18Si. The normalized spacial score (nSPS) is 8.82. The Hall–Kier alpha value is -1.78. The molecule has 0 aliphatic rings. The molecule has 0 saturated heterocycles. The van der Waals surface area contributed by atoms with Crippen LogP contribution in [-0.2, 0) is 0 Å². The van der Waals surface area contributed by atoms with Gasteiger partial charge in [-0.2, -0.15) is 0 Å². The zero-order chi connectivity index (χ0) is 11.4. The van der Waals surface area contributed by atoms with E-state index in [1.54, 1.807) is 0 Å². The summed E-state index contributed by atoms with van der Waals surface area (Å²) in [5.74, 6) is 6.40. The van der Waals surface area contributed by atoms with E-state index in [0.29, 0.717) is 0 Å². The monoisotopic (exact) mass is 238 g/mol. The van der Waals surface area contributed by atoms with Crippen molar-refractivity contribution < 1.29 is 0 Å². The largest absolute Gasteiger partial charge is 0.0622 e. The topological polar surface area (TPSA) is 0 Å². The zero-order valence-corrected chi connectivity index (χ0v) is 9.62. The molecule has 86 valence electrons. The first-order valence-corrected chi connectivity index (χ1v) is 5.40. The molecule has 0 aliphatic carbocycles. The quantitative estimate of drug-likeness (QED) is 0.488. The Kier molecular flexibility index (Phi) is 4.75. The van der Waals surface area contributed by atoms with Crippen LogP contribution in [0.5, 0.6) is 0 Å². The molecule has 2 aromatic rings. The molecule has 2 rings (SSSR count). The van der Waals surface area contributed by atoms with Gasteiger partial charge in [-0.3, -0.25) is 0 Å². The number of aryl methyl sites for hydroxylation is 1. The summed E-state index contributed by atoms with van der Waals surface area (Å²) in [6.07, 6.45) is 0. The van der Waals surface area contributed by atoms with E-state index in [0.717, 1.165) is 11.1 Å². The molecule has 1 heteroatoms.